The van der Waals surface area contributed by atoms with Crippen molar-refractivity contribution < 1.29 is 8.42 Å². The molecular weight excluding hydrogens is 484 g/mol. The van der Waals surface area contributed by atoms with Crippen molar-refractivity contribution in [1.82, 2.24) is 9.97 Å². The first-order valence-electron chi connectivity index (χ1n) is 7.98. The van der Waals surface area contributed by atoms with Gasteiger partial charge in [-0.15, -0.1) is 11.3 Å². The first-order valence-corrected chi connectivity index (χ1v) is 11.5. The topological polar surface area (TPSA) is 84.0 Å². The number of thiophene rings is 1. The molecule has 0 spiro atoms. The van der Waals surface area contributed by atoms with Crippen molar-refractivity contribution in [2.45, 2.75) is 4.21 Å². The van der Waals surface area contributed by atoms with Gasteiger partial charge in [-0.3, -0.25) is 4.72 Å². The fourth-order valence-corrected chi connectivity index (χ4v) is 5.20. The number of nitrogens with zero attached hydrogens (tertiary/aromatic N) is 2. The van der Waals surface area contributed by atoms with Crippen LogP contribution in [0.3, 0.4) is 0 Å². The SMILES string of the molecule is O=S(=O)(Nc1nc2ccccc2nc1Nc1ccc(Br)cc1)c1ccc(Cl)s1. The average molecular weight is 496 g/mol. The minimum absolute atomic E-state index is 0.0991. The number of halogens is 2. The van der Waals surface area contributed by atoms with Gasteiger partial charge in [0.2, 0.25) is 0 Å². The van der Waals surface area contributed by atoms with Gasteiger partial charge in [0, 0.05) is 10.2 Å². The number of benzene rings is 2. The van der Waals surface area contributed by atoms with Gasteiger partial charge in [-0.05, 0) is 48.5 Å². The normalized spacial score (nSPS) is 11.5. The van der Waals surface area contributed by atoms with Crippen molar-refractivity contribution in [2.24, 2.45) is 0 Å². The second-order valence-electron chi connectivity index (χ2n) is 5.71. The highest BCUT2D eigenvalue weighted by atomic mass is 79.9. The number of aromatic nitrogens is 2. The molecule has 4 rings (SSSR count). The van der Waals surface area contributed by atoms with E-state index in [9.17, 15) is 8.42 Å². The van der Waals surface area contributed by atoms with E-state index in [2.05, 4.69) is 35.9 Å². The third-order valence-corrected chi connectivity index (χ3v) is 7.31. The van der Waals surface area contributed by atoms with E-state index < -0.39 is 10.0 Å². The summed E-state index contributed by atoms with van der Waals surface area (Å²) in [4.78, 5) is 8.99. The van der Waals surface area contributed by atoms with Gasteiger partial charge in [0.1, 0.15) is 4.21 Å². The molecule has 0 amide bonds. The lowest BCUT2D eigenvalue weighted by molar-refractivity contribution is 0.603. The van der Waals surface area contributed by atoms with Gasteiger partial charge < -0.3 is 5.32 Å². The van der Waals surface area contributed by atoms with Gasteiger partial charge in [0.25, 0.3) is 10.0 Å². The van der Waals surface area contributed by atoms with Crippen molar-refractivity contribution in [2.75, 3.05) is 10.0 Å². The molecule has 0 fully saturated rings. The maximum atomic E-state index is 12.7. The molecular formula is C18H12BrClN4O2S2. The minimum Gasteiger partial charge on any atom is -0.337 e. The molecule has 2 heterocycles. The van der Waals surface area contributed by atoms with E-state index in [1.165, 1.54) is 12.1 Å². The predicted molar refractivity (Wildman–Crippen MR) is 117 cm³/mol. The van der Waals surface area contributed by atoms with Crippen LogP contribution in [0.25, 0.3) is 11.0 Å². The Morgan fingerprint density at radius 2 is 1.54 bits per heavy atom. The number of fused-ring (bicyclic) bond motifs is 1. The van der Waals surface area contributed by atoms with Crippen LogP contribution in [0.2, 0.25) is 4.34 Å². The summed E-state index contributed by atoms with van der Waals surface area (Å²) < 4.78 is 29.4. The van der Waals surface area contributed by atoms with Crippen molar-refractivity contribution in [3.8, 4) is 0 Å². The highest BCUT2D eigenvalue weighted by Crippen LogP contribution is 2.30. The van der Waals surface area contributed by atoms with Gasteiger partial charge in [-0.1, -0.05) is 39.7 Å². The zero-order valence-corrected chi connectivity index (χ0v) is 18.0. The van der Waals surface area contributed by atoms with E-state index in [0.29, 0.717) is 21.2 Å². The van der Waals surface area contributed by atoms with E-state index in [4.69, 9.17) is 11.6 Å². The van der Waals surface area contributed by atoms with Crippen LogP contribution in [-0.2, 0) is 10.0 Å². The lowest BCUT2D eigenvalue weighted by Gasteiger charge is -2.13. The molecule has 6 nitrogen and oxygen atoms in total. The molecule has 0 saturated carbocycles. The van der Waals surface area contributed by atoms with Crippen LogP contribution in [0.5, 0.6) is 0 Å². The van der Waals surface area contributed by atoms with Gasteiger partial charge in [-0.25, -0.2) is 18.4 Å². The summed E-state index contributed by atoms with van der Waals surface area (Å²) in [6.45, 7) is 0. The van der Waals surface area contributed by atoms with Crippen molar-refractivity contribution in [3.63, 3.8) is 0 Å². The van der Waals surface area contributed by atoms with E-state index in [-0.39, 0.29) is 10.0 Å². The lowest BCUT2D eigenvalue weighted by Crippen LogP contribution is -2.15. The van der Waals surface area contributed by atoms with Crippen molar-refractivity contribution in [3.05, 3.63) is 69.5 Å². The molecule has 28 heavy (non-hydrogen) atoms. The number of hydrogen-bond donors (Lipinski definition) is 2. The maximum Gasteiger partial charge on any atom is 0.272 e. The Bertz CT molecular complexity index is 1260. The molecule has 2 N–H and O–H groups in total. The van der Waals surface area contributed by atoms with Crippen LogP contribution in [0.4, 0.5) is 17.3 Å². The fraction of sp³-hybridized carbons (Fsp3) is 0. The Hall–Kier alpha value is -2.20. The molecule has 4 aromatic rings. The van der Waals surface area contributed by atoms with Gasteiger partial charge in [-0.2, -0.15) is 0 Å². The molecule has 0 aliphatic carbocycles. The summed E-state index contributed by atoms with van der Waals surface area (Å²) >= 11 is 10.2. The van der Waals surface area contributed by atoms with Gasteiger partial charge in [0.15, 0.2) is 11.6 Å². The van der Waals surface area contributed by atoms with Crippen LogP contribution in [0.15, 0.2) is 69.3 Å². The maximum absolute atomic E-state index is 12.7. The molecule has 2 aromatic heterocycles. The highest BCUT2D eigenvalue weighted by molar-refractivity contribution is 9.10. The van der Waals surface area contributed by atoms with Gasteiger partial charge >= 0.3 is 0 Å². The van der Waals surface area contributed by atoms with E-state index in [1.54, 1.807) is 6.07 Å². The summed E-state index contributed by atoms with van der Waals surface area (Å²) in [7, 11) is -3.85. The number of anilines is 3. The van der Waals surface area contributed by atoms with Crippen LogP contribution >= 0.6 is 38.9 Å². The van der Waals surface area contributed by atoms with Gasteiger partial charge in [0.05, 0.1) is 15.4 Å². The molecule has 0 atom stereocenters. The highest BCUT2D eigenvalue weighted by Gasteiger charge is 2.20. The third-order valence-electron chi connectivity index (χ3n) is 3.72. The zero-order valence-electron chi connectivity index (χ0n) is 14.1. The van der Waals surface area contributed by atoms with E-state index >= 15 is 0 Å². The molecule has 0 unspecified atom stereocenters. The number of nitrogens with one attached hydrogen (secondary N) is 2. The molecule has 0 aliphatic heterocycles. The monoisotopic (exact) mass is 494 g/mol. The van der Waals surface area contributed by atoms with Crippen LogP contribution in [0.1, 0.15) is 0 Å². The summed E-state index contributed by atoms with van der Waals surface area (Å²) in [5.74, 6) is 0.401. The number of rotatable bonds is 5. The average Bonchev–Trinajstić information content (AvgIpc) is 3.11. The summed E-state index contributed by atoms with van der Waals surface area (Å²) in [5.41, 5.74) is 1.96. The first kappa shape index (κ1) is 19.1. The molecule has 0 aliphatic rings. The minimum atomic E-state index is -3.85. The quantitative estimate of drug-likeness (QED) is 0.374. The Balaban J connectivity index is 1.77. The first-order chi connectivity index (χ1) is 13.4. The Morgan fingerprint density at radius 1 is 0.893 bits per heavy atom. The molecule has 0 bridgehead atoms. The molecule has 0 radical (unpaired) electrons. The lowest BCUT2D eigenvalue weighted by atomic mass is 10.3. The molecule has 0 saturated heterocycles. The number of para-hydroxylation sites is 2. The largest absolute Gasteiger partial charge is 0.337 e. The number of sulfonamides is 1. The Morgan fingerprint density at radius 3 is 2.14 bits per heavy atom. The van der Waals surface area contributed by atoms with Crippen LogP contribution < -0.4 is 10.0 Å². The molecule has 142 valence electrons. The Labute approximate surface area is 178 Å². The second-order valence-corrected chi connectivity index (χ2v) is 10.2. The Kier molecular flexibility index (Phi) is 5.24. The smallest absolute Gasteiger partial charge is 0.272 e. The molecule has 2 aromatic carbocycles. The fourth-order valence-electron chi connectivity index (χ4n) is 2.45. The standard InChI is InChI=1S/C18H12BrClN4O2S2/c19-11-5-7-12(8-6-11)21-17-18(23-14-4-2-1-3-13(14)22-17)24-28(25,26)16-10-9-15(20)27-16/h1-10H,(H,21,22)(H,23,24). The third kappa shape index (κ3) is 4.12. The number of hydrogen-bond acceptors (Lipinski definition) is 6. The van der Waals surface area contributed by atoms with Crippen LogP contribution in [-0.4, -0.2) is 18.4 Å². The zero-order chi connectivity index (χ0) is 19.7. The second kappa shape index (κ2) is 7.67. The molecule has 10 heteroatoms. The van der Waals surface area contributed by atoms with Crippen molar-refractivity contribution >= 4 is 77.2 Å². The summed E-state index contributed by atoms with van der Waals surface area (Å²) in [5, 5.41) is 3.13. The van der Waals surface area contributed by atoms with Crippen molar-refractivity contribution in [1.29, 1.82) is 0 Å². The van der Waals surface area contributed by atoms with E-state index in [1.807, 2.05) is 42.5 Å². The summed E-state index contributed by atoms with van der Waals surface area (Å²) in [6, 6.07) is 17.7. The van der Waals surface area contributed by atoms with E-state index in [0.717, 1.165) is 21.5 Å². The van der Waals surface area contributed by atoms with Crippen LogP contribution in [0, 0.1) is 0 Å². The predicted octanol–water partition coefficient (Wildman–Crippen LogP) is 5.65. The summed E-state index contributed by atoms with van der Waals surface area (Å²) in [6.07, 6.45) is 0.